The Balaban J connectivity index is 1.38. The number of hydrogen-bond donors (Lipinski definition) is 0. The highest BCUT2D eigenvalue weighted by atomic mass is 35.5. The summed E-state index contributed by atoms with van der Waals surface area (Å²) in [6.07, 6.45) is -0.783. The summed E-state index contributed by atoms with van der Waals surface area (Å²) >= 11 is 6.37. The van der Waals surface area contributed by atoms with E-state index in [1.165, 1.54) is 7.11 Å². The summed E-state index contributed by atoms with van der Waals surface area (Å²) in [4.78, 5) is 29.4. The van der Waals surface area contributed by atoms with Crippen LogP contribution in [0.2, 0.25) is 5.02 Å². The molecule has 4 rings (SSSR count). The number of nitrogens with zero attached hydrogens (tertiary/aromatic N) is 2. The van der Waals surface area contributed by atoms with Gasteiger partial charge in [-0.2, -0.15) is 0 Å². The number of piperazine rings is 1. The molecule has 2 amide bonds. The van der Waals surface area contributed by atoms with Crippen LogP contribution >= 0.6 is 11.6 Å². The van der Waals surface area contributed by atoms with Gasteiger partial charge in [0.2, 0.25) is 6.10 Å². The lowest BCUT2D eigenvalue weighted by Crippen LogP contribution is -2.55. The van der Waals surface area contributed by atoms with Gasteiger partial charge in [0.05, 0.1) is 18.2 Å². The second-order valence-electron chi connectivity index (χ2n) is 8.14. The fourth-order valence-corrected chi connectivity index (χ4v) is 4.11. The first-order valence-electron chi connectivity index (χ1n) is 10.9. The maximum Gasteiger partial charge on any atom is 0.267 e. The number of carbonyl (C=O) groups excluding carboxylic acids is 2. The lowest BCUT2D eigenvalue weighted by Gasteiger charge is -2.37. The van der Waals surface area contributed by atoms with Crippen LogP contribution in [0.5, 0.6) is 23.0 Å². The molecular weight excluding hydrogens is 448 g/mol. The number of fused-ring (bicyclic) bond motifs is 1. The number of carbonyl (C=O) groups is 2. The van der Waals surface area contributed by atoms with Crippen LogP contribution in [0.1, 0.15) is 24.2 Å². The van der Waals surface area contributed by atoms with Gasteiger partial charge >= 0.3 is 0 Å². The first kappa shape index (κ1) is 23.0. The Labute approximate surface area is 197 Å². The van der Waals surface area contributed by atoms with E-state index in [9.17, 15) is 9.59 Å². The predicted octanol–water partition coefficient (Wildman–Crippen LogP) is 3.26. The molecule has 1 fully saturated rings. The van der Waals surface area contributed by atoms with Gasteiger partial charge in [-0.25, -0.2) is 0 Å². The standard InChI is InChI=1S/C24H27ClN2O6/c1-15(2)32-22-17(25)12-16(13-20(22)30-3)23(28)26-8-10-27(11-9-26)24(29)21-14-31-18-6-4-5-7-19(18)33-21/h4-7,12-13,15,21H,8-11,14H2,1-3H3. The Bertz CT molecular complexity index is 1040. The molecule has 2 aliphatic heterocycles. The monoisotopic (exact) mass is 474 g/mol. The third-order valence-corrected chi connectivity index (χ3v) is 5.77. The minimum atomic E-state index is -0.696. The summed E-state index contributed by atoms with van der Waals surface area (Å²) in [6.45, 7) is 5.56. The van der Waals surface area contributed by atoms with Crippen LogP contribution in [-0.4, -0.2) is 73.7 Å². The van der Waals surface area contributed by atoms with Crippen molar-refractivity contribution in [3.8, 4) is 23.0 Å². The van der Waals surface area contributed by atoms with Crippen molar-refractivity contribution < 1.29 is 28.5 Å². The van der Waals surface area contributed by atoms with Crippen molar-refractivity contribution in [3.05, 3.63) is 47.0 Å². The zero-order valence-electron chi connectivity index (χ0n) is 18.9. The molecule has 0 aromatic heterocycles. The number of para-hydroxylation sites is 2. The zero-order valence-corrected chi connectivity index (χ0v) is 19.6. The van der Waals surface area contributed by atoms with Crippen LogP contribution in [0.15, 0.2) is 36.4 Å². The van der Waals surface area contributed by atoms with E-state index < -0.39 is 6.10 Å². The highest BCUT2D eigenvalue weighted by Gasteiger charge is 2.33. The van der Waals surface area contributed by atoms with Gasteiger partial charge in [-0.3, -0.25) is 9.59 Å². The largest absolute Gasteiger partial charge is 0.493 e. The summed E-state index contributed by atoms with van der Waals surface area (Å²) in [5.41, 5.74) is 0.411. The van der Waals surface area contributed by atoms with Gasteiger partial charge in [-0.15, -0.1) is 0 Å². The van der Waals surface area contributed by atoms with Crippen LogP contribution < -0.4 is 18.9 Å². The minimum absolute atomic E-state index is 0.0874. The summed E-state index contributed by atoms with van der Waals surface area (Å²) in [6, 6.07) is 10.5. The van der Waals surface area contributed by atoms with Crippen molar-refractivity contribution in [1.82, 2.24) is 9.80 Å². The molecule has 1 atom stereocenters. The molecule has 0 spiro atoms. The second-order valence-corrected chi connectivity index (χ2v) is 8.54. The summed E-state index contributed by atoms with van der Waals surface area (Å²) in [5.74, 6) is 1.70. The predicted molar refractivity (Wildman–Crippen MR) is 123 cm³/mol. The van der Waals surface area contributed by atoms with Gasteiger partial charge in [0.1, 0.15) is 6.61 Å². The van der Waals surface area contributed by atoms with Crippen LogP contribution in [0.4, 0.5) is 0 Å². The Morgan fingerprint density at radius 2 is 1.73 bits per heavy atom. The fourth-order valence-electron chi connectivity index (χ4n) is 3.85. The Hall–Kier alpha value is -3.13. The number of benzene rings is 2. The van der Waals surface area contributed by atoms with Gasteiger partial charge in [0.25, 0.3) is 11.8 Å². The lowest BCUT2D eigenvalue weighted by atomic mass is 10.1. The molecule has 2 aromatic rings. The number of amides is 2. The van der Waals surface area contributed by atoms with E-state index in [1.54, 1.807) is 28.0 Å². The summed E-state index contributed by atoms with van der Waals surface area (Å²) in [7, 11) is 1.51. The van der Waals surface area contributed by atoms with Gasteiger partial charge in [-0.1, -0.05) is 23.7 Å². The van der Waals surface area contributed by atoms with Crippen molar-refractivity contribution >= 4 is 23.4 Å². The Kier molecular flexibility index (Phi) is 6.83. The third kappa shape index (κ3) is 4.95. The molecule has 33 heavy (non-hydrogen) atoms. The Morgan fingerprint density at radius 3 is 2.39 bits per heavy atom. The molecule has 2 aliphatic rings. The molecule has 2 heterocycles. The van der Waals surface area contributed by atoms with E-state index in [4.69, 9.17) is 30.5 Å². The molecule has 9 heteroatoms. The lowest BCUT2D eigenvalue weighted by molar-refractivity contribution is -0.142. The molecule has 2 aromatic carbocycles. The fraction of sp³-hybridized carbons (Fsp3) is 0.417. The number of rotatable bonds is 5. The van der Waals surface area contributed by atoms with E-state index in [0.29, 0.717) is 59.8 Å². The highest BCUT2D eigenvalue weighted by Crippen LogP contribution is 2.37. The molecule has 8 nitrogen and oxygen atoms in total. The maximum atomic E-state index is 13.1. The number of ether oxygens (including phenoxy) is 4. The Morgan fingerprint density at radius 1 is 1.06 bits per heavy atom. The SMILES string of the molecule is COc1cc(C(=O)N2CCN(C(=O)C3COc4ccccc4O3)CC2)cc(Cl)c1OC(C)C. The zero-order chi connectivity index (χ0) is 23.5. The molecule has 0 radical (unpaired) electrons. The van der Waals surface area contributed by atoms with Gasteiger partial charge in [0, 0.05) is 31.7 Å². The molecule has 0 aliphatic carbocycles. The van der Waals surface area contributed by atoms with Crippen LogP contribution in [0.3, 0.4) is 0 Å². The summed E-state index contributed by atoms with van der Waals surface area (Å²) in [5, 5.41) is 0.315. The molecule has 1 unspecified atom stereocenters. The van der Waals surface area contributed by atoms with E-state index in [0.717, 1.165) is 0 Å². The molecule has 1 saturated heterocycles. The van der Waals surface area contributed by atoms with Crippen molar-refractivity contribution in [2.24, 2.45) is 0 Å². The van der Waals surface area contributed by atoms with Crippen molar-refractivity contribution in [1.29, 1.82) is 0 Å². The normalized spacial score (nSPS) is 17.7. The first-order chi connectivity index (χ1) is 15.9. The summed E-state index contributed by atoms with van der Waals surface area (Å²) < 4.78 is 22.6. The van der Waals surface area contributed by atoms with Crippen LogP contribution in [-0.2, 0) is 4.79 Å². The van der Waals surface area contributed by atoms with Gasteiger partial charge in [-0.05, 0) is 38.1 Å². The third-order valence-electron chi connectivity index (χ3n) is 5.49. The van der Waals surface area contributed by atoms with Crippen LogP contribution in [0.25, 0.3) is 0 Å². The van der Waals surface area contributed by atoms with Crippen molar-refractivity contribution in [2.75, 3.05) is 39.9 Å². The van der Waals surface area contributed by atoms with Crippen molar-refractivity contribution in [3.63, 3.8) is 0 Å². The van der Waals surface area contributed by atoms with E-state index in [-0.39, 0.29) is 24.5 Å². The molecule has 0 N–H and O–H groups in total. The van der Waals surface area contributed by atoms with E-state index in [1.807, 2.05) is 32.0 Å². The molecular formula is C24H27ClN2O6. The van der Waals surface area contributed by atoms with E-state index in [2.05, 4.69) is 0 Å². The van der Waals surface area contributed by atoms with Gasteiger partial charge in [0.15, 0.2) is 23.0 Å². The molecule has 176 valence electrons. The highest BCUT2D eigenvalue weighted by molar-refractivity contribution is 6.32. The maximum absolute atomic E-state index is 13.1. The average molecular weight is 475 g/mol. The number of methoxy groups -OCH3 is 1. The van der Waals surface area contributed by atoms with Crippen molar-refractivity contribution in [2.45, 2.75) is 26.1 Å². The quantitative estimate of drug-likeness (QED) is 0.662. The van der Waals surface area contributed by atoms with Gasteiger partial charge < -0.3 is 28.7 Å². The topological polar surface area (TPSA) is 77.5 Å². The molecule has 0 bridgehead atoms. The van der Waals surface area contributed by atoms with Crippen LogP contribution in [0, 0.1) is 0 Å². The molecule has 0 saturated carbocycles. The number of halogens is 1. The number of hydrogen-bond acceptors (Lipinski definition) is 6. The first-order valence-corrected chi connectivity index (χ1v) is 11.3. The van der Waals surface area contributed by atoms with E-state index >= 15 is 0 Å². The smallest absolute Gasteiger partial charge is 0.267 e. The second kappa shape index (κ2) is 9.79. The minimum Gasteiger partial charge on any atom is -0.493 e. The average Bonchev–Trinajstić information content (AvgIpc) is 2.83.